The van der Waals surface area contributed by atoms with E-state index in [1.165, 1.54) is 23.7 Å². The fourth-order valence-electron chi connectivity index (χ4n) is 3.93. The topological polar surface area (TPSA) is 67.3 Å². The second-order valence-corrected chi connectivity index (χ2v) is 9.39. The van der Waals surface area contributed by atoms with E-state index in [0.717, 1.165) is 61.0 Å². The lowest BCUT2D eigenvalue weighted by Crippen LogP contribution is -2.38. The second-order valence-electron chi connectivity index (χ2n) is 8.66. The lowest BCUT2D eigenvalue weighted by Gasteiger charge is -2.31. The van der Waals surface area contributed by atoms with Gasteiger partial charge in [-0.25, -0.2) is 9.37 Å². The number of benzene rings is 2. The molecule has 1 aliphatic heterocycles. The van der Waals surface area contributed by atoms with Crippen molar-refractivity contribution in [3.63, 3.8) is 0 Å². The van der Waals surface area contributed by atoms with Gasteiger partial charge in [0.05, 0.1) is 6.61 Å². The van der Waals surface area contributed by atoms with E-state index in [4.69, 9.17) is 4.74 Å². The first-order valence-electron chi connectivity index (χ1n) is 11.9. The summed E-state index contributed by atoms with van der Waals surface area (Å²) in [6.07, 6.45) is 4.72. The third kappa shape index (κ3) is 6.76. The van der Waals surface area contributed by atoms with Gasteiger partial charge in [-0.2, -0.15) is 4.37 Å². The summed E-state index contributed by atoms with van der Waals surface area (Å²) in [5.74, 6) is 1.73. The molecule has 8 heteroatoms. The number of aromatic nitrogens is 2. The first kappa shape index (κ1) is 24.1. The summed E-state index contributed by atoms with van der Waals surface area (Å²) in [6.45, 7) is 5.30. The molecule has 3 aromatic rings. The van der Waals surface area contributed by atoms with Gasteiger partial charge in [-0.3, -0.25) is 4.79 Å². The molecule has 1 aliphatic rings. The maximum absolute atomic E-state index is 13.1. The summed E-state index contributed by atoms with van der Waals surface area (Å²) in [5, 5.41) is 4.01. The van der Waals surface area contributed by atoms with Gasteiger partial charge in [-0.15, -0.1) is 0 Å². The van der Waals surface area contributed by atoms with Crippen LogP contribution in [0.2, 0.25) is 0 Å². The molecule has 0 radical (unpaired) electrons. The molecule has 0 atom stereocenters. The smallest absolute Gasteiger partial charge is 0.251 e. The molecule has 1 fully saturated rings. The number of hydrogen-bond donors (Lipinski definition) is 1. The van der Waals surface area contributed by atoms with E-state index >= 15 is 0 Å². The quantitative estimate of drug-likeness (QED) is 0.408. The van der Waals surface area contributed by atoms with Gasteiger partial charge in [-0.1, -0.05) is 25.5 Å². The third-order valence-corrected chi connectivity index (χ3v) is 6.87. The highest BCUT2D eigenvalue weighted by Crippen LogP contribution is 2.25. The second kappa shape index (κ2) is 11.9. The Labute approximate surface area is 204 Å². The highest BCUT2D eigenvalue weighted by atomic mass is 32.1. The Hall–Kier alpha value is -3.00. The Bertz CT molecular complexity index is 1050. The van der Waals surface area contributed by atoms with E-state index in [1.807, 2.05) is 24.3 Å². The number of carbonyl (C=O) groups excluding carboxylic acids is 1. The number of halogens is 1. The largest absolute Gasteiger partial charge is 0.494 e. The molecule has 180 valence electrons. The zero-order valence-corrected chi connectivity index (χ0v) is 20.3. The molecule has 1 saturated heterocycles. The van der Waals surface area contributed by atoms with Crippen LogP contribution in [-0.4, -0.2) is 41.5 Å². The molecule has 2 heterocycles. The van der Waals surface area contributed by atoms with Crippen molar-refractivity contribution < 1.29 is 13.9 Å². The number of nitrogens with zero attached hydrogens (tertiary/aromatic N) is 3. The zero-order valence-electron chi connectivity index (χ0n) is 19.5. The lowest BCUT2D eigenvalue weighted by atomic mass is 9.97. The molecular formula is C26H31FN4O2S. The van der Waals surface area contributed by atoms with Gasteiger partial charge in [0.25, 0.3) is 5.91 Å². The van der Waals surface area contributed by atoms with Crippen molar-refractivity contribution in [1.82, 2.24) is 14.7 Å². The monoisotopic (exact) mass is 482 g/mol. The van der Waals surface area contributed by atoms with Crippen molar-refractivity contribution in [3.8, 4) is 5.75 Å². The molecule has 1 amide bonds. The van der Waals surface area contributed by atoms with Crippen LogP contribution < -0.4 is 15.0 Å². The minimum atomic E-state index is -0.236. The van der Waals surface area contributed by atoms with Gasteiger partial charge in [-0.05, 0) is 67.1 Å². The Morgan fingerprint density at radius 1 is 1.15 bits per heavy atom. The molecule has 0 saturated carbocycles. The average molecular weight is 483 g/mol. The van der Waals surface area contributed by atoms with E-state index in [-0.39, 0.29) is 11.7 Å². The number of carbonyl (C=O) groups is 1. The molecule has 2 aromatic carbocycles. The number of piperidine rings is 1. The highest BCUT2D eigenvalue weighted by molar-refractivity contribution is 7.09. The van der Waals surface area contributed by atoms with Gasteiger partial charge in [0.1, 0.15) is 17.4 Å². The van der Waals surface area contributed by atoms with Crippen molar-refractivity contribution in [1.29, 1.82) is 0 Å². The predicted molar refractivity (Wildman–Crippen MR) is 133 cm³/mol. The molecule has 34 heavy (non-hydrogen) atoms. The summed E-state index contributed by atoms with van der Waals surface area (Å²) in [7, 11) is 0. The van der Waals surface area contributed by atoms with Crippen LogP contribution in [0.3, 0.4) is 0 Å². The number of unbranched alkanes of at least 4 members (excludes halogenated alkanes) is 1. The first-order chi connectivity index (χ1) is 16.6. The molecule has 0 spiro atoms. The van der Waals surface area contributed by atoms with Crippen LogP contribution in [0.5, 0.6) is 5.75 Å². The molecule has 1 N–H and O–H groups in total. The first-order valence-corrected chi connectivity index (χ1v) is 12.7. The van der Waals surface area contributed by atoms with Gasteiger partial charge < -0.3 is 15.0 Å². The maximum atomic E-state index is 13.1. The summed E-state index contributed by atoms with van der Waals surface area (Å²) in [5.41, 5.74) is 1.65. The van der Waals surface area contributed by atoms with Crippen LogP contribution in [0.1, 0.15) is 54.4 Å². The normalized spacial score (nSPS) is 14.2. The van der Waals surface area contributed by atoms with Crippen LogP contribution in [0.4, 0.5) is 9.52 Å². The molecule has 0 bridgehead atoms. The highest BCUT2D eigenvalue weighted by Gasteiger charge is 2.22. The van der Waals surface area contributed by atoms with E-state index in [1.54, 1.807) is 12.1 Å². The summed E-state index contributed by atoms with van der Waals surface area (Å²) in [6, 6.07) is 13.8. The maximum Gasteiger partial charge on any atom is 0.251 e. The number of anilines is 1. The average Bonchev–Trinajstić information content (AvgIpc) is 3.33. The number of rotatable bonds is 10. The van der Waals surface area contributed by atoms with Crippen LogP contribution in [0, 0.1) is 11.7 Å². The van der Waals surface area contributed by atoms with Crippen molar-refractivity contribution >= 4 is 22.6 Å². The SMILES string of the molecule is CCCCOc1ccc(C(=O)NCC2CCN(c3nc(Cc4ccc(F)cc4)ns3)CC2)cc1. The molecule has 0 unspecified atom stereocenters. The number of amides is 1. The fourth-order valence-corrected chi connectivity index (χ4v) is 4.67. The lowest BCUT2D eigenvalue weighted by molar-refractivity contribution is 0.0945. The van der Waals surface area contributed by atoms with Crippen molar-refractivity contribution in [2.24, 2.45) is 5.92 Å². The molecule has 6 nitrogen and oxygen atoms in total. The minimum absolute atomic E-state index is 0.0444. The van der Waals surface area contributed by atoms with Gasteiger partial charge in [0, 0.05) is 43.2 Å². The fraction of sp³-hybridized carbons (Fsp3) is 0.423. The number of nitrogens with one attached hydrogen (secondary N) is 1. The molecular weight excluding hydrogens is 451 g/mol. The molecule has 4 rings (SSSR count). The van der Waals surface area contributed by atoms with E-state index in [9.17, 15) is 9.18 Å². The Morgan fingerprint density at radius 3 is 2.59 bits per heavy atom. The standard InChI is InChI=1S/C26H31FN4O2S/c1-2-3-16-33-23-10-6-21(7-11-23)25(32)28-18-20-12-14-31(15-13-20)26-29-24(30-34-26)17-19-4-8-22(27)9-5-19/h4-11,20H,2-3,12-18H2,1H3,(H,28,32). The minimum Gasteiger partial charge on any atom is -0.494 e. The van der Waals surface area contributed by atoms with E-state index in [0.29, 0.717) is 31.1 Å². The Kier molecular flexibility index (Phi) is 8.46. The van der Waals surface area contributed by atoms with Crippen molar-refractivity contribution in [2.75, 3.05) is 31.1 Å². The van der Waals surface area contributed by atoms with Crippen molar-refractivity contribution in [2.45, 2.75) is 39.0 Å². The van der Waals surface area contributed by atoms with E-state index < -0.39 is 0 Å². The van der Waals surface area contributed by atoms with Crippen LogP contribution >= 0.6 is 11.5 Å². The van der Waals surface area contributed by atoms with E-state index in [2.05, 4.69) is 26.5 Å². The number of hydrogen-bond acceptors (Lipinski definition) is 6. The summed E-state index contributed by atoms with van der Waals surface area (Å²) in [4.78, 5) is 19.5. The zero-order chi connectivity index (χ0) is 23.8. The van der Waals surface area contributed by atoms with Crippen molar-refractivity contribution in [3.05, 3.63) is 71.3 Å². The van der Waals surface area contributed by atoms with Crippen LogP contribution in [0.25, 0.3) is 0 Å². The van der Waals surface area contributed by atoms with Gasteiger partial charge in [0.15, 0.2) is 0 Å². The van der Waals surface area contributed by atoms with Gasteiger partial charge in [0.2, 0.25) is 5.13 Å². The van der Waals surface area contributed by atoms with Crippen LogP contribution in [0.15, 0.2) is 48.5 Å². The number of ether oxygens (including phenoxy) is 1. The van der Waals surface area contributed by atoms with Crippen LogP contribution in [-0.2, 0) is 6.42 Å². The molecule has 1 aromatic heterocycles. The summed E-state index contributed by atoms with van der Waals surface area (Å²) >= 11 is 1.41. The molecule has 0 aliphatic carbocycles. The predicted octanol–water partition coefficient (Wildman–Crippen LogP) is 5.09. The Balaban J connectivity index is 1.19. The third-order valence-electron chi connectivity index (χ3n) is 6.05. The van der Waals surface area contributed by atoms with Gasteiger partial charge >= 0.3 is 0 Å². The Morgan fingerprint density at radius 2 is 1.88 bits per heavy atom. The summed E-state index contributed by atoms with van der Waals surface area (Å²) < 4.78 is 23.2.